The minimum atomic E-state index is -0.274. The Hall–Kier alpha value is -1.55. The zero-order valence-electron chi connectivity index (χ0n) is 11.6. The normalized spacial score (nSPS) is 18.6. The number of aliphatic hydroxyl groups is 1. The number of aryl methyl sites for hydroxylation is 2. The van der Waals surface area contributed by atoms with Gasteiger partial charge in [-0.25, -0.2) is 0 Å². The maximum atomic E-state index is 10.0. The van der Waals surface area contributed by atoms with Gasteiger partial charge in [0.05, 0.1) is 18.3 Å². The standard InChI is InChI=1S/C15H21N3O/c1-3-13-11(9-17(2)16-13)10-18-8-7-12-14(18)5-4-6-15(12)19/h7-9,15,19H,3-6,10H2,1-2H3. The van der Waals surface area contributed by atoms with E-state index in [4.69, 9.17) is 0 Å². The Morgan fingerprint density at radius 2 is 2.32 bits per heavy atom. The van der Waals surface area contributed by atoms with Crippen LogP contribution >= 0.6 is 0 Å². The molecule has 1 atom stereocenters. The van der Waals surface area contributed by atoms with E-state index in [1.807, 2.05) is 11.7 Å². The molecular formula is C15H21N3O. The lowest BCUT2D eigenvalue weighted by molar-refractivity contribution is 0.156. The molecule has 0 saturated heterocycles. The molecule has 4 heteroatoms. The van der Waals surface area contributed by atoms with E-state index in [-0.39, 0.29) is 6.10 Å². The highest BCUT2D eigenvalue weighted by Crippen LogP contribution is 2.30. The zero-order valence-corrected chi connectivity index (χ0v) is 11.6. The second-order valence-electron chi connectivity index (χ2n) is 5.38. The van der Waals surface area contributed by atoms with Gasteiger partial charge in [-0.05, 0) is 31.7 Å². The predicted molar refractivity (Wildman–Crippen MR) is 74.0 cm³/mol. The van der Waals surface area contributed by atoms with E-state index < -0.39 is 0 Å². The van der Waals surface area contributed by atoms with E-state index in [9.17, 15) is 5.11 Å². The lowest BCUT2D eigenvalue weighted by atomic mass is 9.95. The van der Waals surface area contributed by atoms with E-state index in [0.29, 0.717) is 0 Å². The van der Waals surface area contributed by atoms with Gasteiger partial charge in [0.1, 0.15) is 0 Å². The molecule has 0 aliphatic heterocycles. The topological polar surface area (TPSA) is 43.0 Å². The Kier molecular flexibility index (Phi) is 3.19. The van der Waals surface area contributed by atoms with Crippen LogP contribution in [0.3, 0.4) is 0 Å². The second-order valence-corrected chi connectivity index (χ2v) is 5.38. The van der Waals surface area contributed by atoms with Crippen molar-refractivity contribution in [2.75, 3.05) is 0 Å². The first-order valence-corrected chi connectivity index (χ1v) is 7.06. The summed E-state index contributed by atoms with van der Waals surface area (Å²) in [4.78, 5) is 0. The molecule has 2 aromatic heterocycles. The summed E-state index contributed by atoms with van der Waals surface area (Å²) in [7, 11) is 1.97. The molecule has 2 aromatic rings. The van der Waals surface area contributed by atoms with Gasteiger partial charge in [-0.3, -0.25) is 4.68 Å². The maximum Gasteiger partial charge on any atom is 0.0807 e. The van der Waals surface area contributed by atoms with Crippen molar-refractivity contribution in [2.24, 2.45) is 7.05 Å². The van der Waals surface area contributed by atoms with Crippen molar-refractivity contribution < 1.29 is 5.11 Å². The number of fused-ring (bicyclic) bond motifs is 1. The van der Waals surface area contributed by atoms with Gasteiger partial charge in [-0.1, -0.05) is 6.92 Å². The van der Waals surface area contributed by atoms with Crippen LogP contribution in [0, 0.1) is 0 Å². The van der Waals surface area contributed by atoms with Crippen molar-refractivity contribution in [1.82, 2.24) is 14.3 Å². The molecule has 1 unspecified atom stereocenters. The Bertz CT molecular complexity index is 582. The van der Waals surface area contributed by atoms with Gasteiger partial charge in [-0.15, -0.1) is 0 Å². The van der Waals surface area contributed by atoms with E-state index in [1.165, 1.54) is 17.0 Å². The minimum absolute atomic E-state index is 0.274. The van der Waals surface area contributed by atoms with Crippen LogP contribution < -0.4 is 0 Å². The molecular weight excluding hydrogens is 238 g/mol. The average molecular weight is 259 g/mol. The van der Waals surface area contributed by atoms with E-state index >= 15 is 0 Å². The van der Waals surface area contributed by atoms with Crippen molar-refractivity contribution in [1.29, 1.82) is 0 Å². The highest BCUT2D eigenvalue weighted by Gasteiger charge is 2.21. The molecule has 0 amide bonds. The largest absolute Gasteiger partial charge is 0.388 e. The van der Waals surface area contributed by atoms with Crippen LogP contribution in [0.1, 0.15) is 48.4 Å². The maximum absolute atomic E-state index is 10.0. The molecule has 0 aromatic carbocycles. The van der Waals surface area contributed by atoms with Crippen LogP contribution in [0.4, 0.5) is 0 Å². The fourth-order valence-electron chi connectivity index (χ4n) is 3.08. The third-order valence-corrected chi connectivity index (χ3v) is 4.03. The Morgan fingerprint density at radius 1 is 1.47 bits per heavy atom. The Labute approximate surface area is 113 Å². The summed E-state index contributed by atoms with van der Waals surface area (Å²) in [5.74, 6) is 0. The minimum Gasteiger partial charge on any atom is -0.388 e. The zero-order chi connectivity index (χ0) is 13.4. The summed E-state index contributed by atoms with van der Waals surface area (Å²) in [5.41, 5.74) is 4.86. The average Bonchev–Trinajstić information content (AvgIpc) is 2.95. The molecule has 0 radical (unpaired) electrons. The number of aliphatic hydroxyl groups excluding tert-OH is 1. The predicted octanol–water partition coefficient (Wildman–Crippen LogP) is 2.20. The molecule has 3 rings (SSSR count). The van der Waals surface area contributed by atoms with Crippen molar-refractivity contribution >= 4 is 0 Å². The molecule has 0 saturated carbocycles. The van der Waals surface area contributed by atoms with Crippen LogP contribution in [-0.4, -0.2) is 19.5 Å². The first-order valence-electron chi connectivity index (χ1n) is 7.06. The third kappa shape index (κ3) is 2.21. The summed E-state index contributed by atoms with van der Waals surface area (Å²) in [6, 6.07) is 2.07. The van der Waals surface area contributed by atoms with Crippen LogP contribution in [-0.2, 0) is 26.4 Å². The number of rotatable bonds is 3. The molecule has 19 heavy (non-hydrogen) atoms. The van der Waals surface area contributed by atoms with Crippen molar-refractivity contribution in [3.05, 3.63) is 41.0 Å². The molecule has 1 N–H and O–H groups in total. The summed E-state index contributed by atoms with van der Waals surface area (Å²) < 4.78 is 4.16. The number of hydrogen-bond acceptors (Lipinski definition) is 2. The summed E-state index contributed by atoms with van der Waals surface area (Å²) in [5, 5.41) is 14.5. The van der Waals surface area contributed by atoms with Gasteiger partial charge in [0.15, 0.2) is 0 Å². The number of aromatic nitrogens is 3. The second kappa shape index (κ2) is 4.85. The highest BCUT2D eigenvalue weighted by atomic mass is 16.3. The third-order valence-electron chi connectivity index (χ3n) is 4.03. The molecule has 0 bridgehead atoms. The van der Waals surface area contributed by atoms with Gasteiger partial charge in [0.25, 0.3) is 0 Å². The fraction of sp³-hybridized carbons (Fsp3) is 0.533. The molecule has 0 fully saturated rings. The van der Waals surface area contributed by atoms with Gasteiger partial charge in [0.2, 0.25) is 0 Å². The molecule has 2 heterocycles. The molecule has 1 aliphatic carbocycles. The highest BCUT2D eigenvalue weighted by molar-refractivity contribution is 5.29. The summed E-state index contributed by atoms with van der Waals surface area (Å²) in [6.45, 7) is 3.00. The smallest absolute Gasteiger partial charge is 0.0807 e. The van der Waals surface area contributed by atoms with Gasteiger partial charge < -0.3 is 9.67 Å². The monoisotopic (exact) mass is 259 g/mol. The lowest BCUT2D eigenvalue weighted by Crippen LogP contribution is -2.12. The van der Waals surface area contributed by atoms with Crippen LogP contribution in [0.5, 0.6) is 0 Å². The first-order chi connectivity index (χ1) is 9.19. The SMILES string of the molecule is CCc1nn(C)cc1Cn1ccc2c1CCCC2O. The first kappa shape index (κ1) is 12.5. The number of nitrogens with zero attached hydrogens (tertiary/aromatic N) is 3. The van der Waals surface area contributed by atoms with E-state index in [2.05, 4.69) is 35.0 Å². The van der Waals surface area contributed by atoms with Crippen molar-refractivity contribution in [2.45, 2.75) is 45.3 Å². The van der Waals surface area contributed by atoms with Crippen LogP contribution in [0.15, 0.2) is 18.5 Å². The van der Waals surface area contributed by atoms with Crippen molar-refractivity contribution in [3.8, 4) is 0 Å². The molecule has 0 spiro atoms. The van der Waals surface area contributed by atoms with Gasteiger partial charge in [-0.2, -0.15) is 5.10 Å². The molecule has 1 aliphatic rings. The van der Waals surface area contributed by atoms with Crippen LogP contribution in [0.25, 0.3) is 0 Å². The number of hydrogen-bond donors (Lipinski definition) is 1. The Balaban J connectivity index is 1.91. The fourth-order valence-corrected chi connectivity index (χ4v) is 3.08. The van der Waals surface area contributed by atoms with Gasteiger partial charge in [0, 0.05) is 36.3 Å². The van der Waals surface area contributed by atoms with E-state index in [1.54, 1.807) is 0 Å². The van der Waals surface area contributed by atoms with Crippen LogP contribution in [0.2, 0.25) is 0 Å². The summed E-state index contributed by atoms with van der Waals surface area (Å²) in [6.07, 6.45) is 7.93. The Morgan fingerprint density at radius 3 is 3.11 bits per heavy atom. The van der Waals surface area contributed by atoms with Gasteiger partial charge >= 0.3 is 0 Å². The lowest BCUT2D eigenvalue weighted by Gasteiger charge is -2.20. The molecule has 4 nitrogen and oxygen atoms in total. The van der Waals surface area contributed by atoms with Crippen molar-refractivity contribution in [3.63, 3.8) is 0 Å². The molecule has 102 valence electrons. The quantitative estimate of drug-likeness (QED) is 0.918. The van der Waals surface area contributed by atoms with E-state index in [0.717, 1.165) is 37.8 Å². The summed E-state index contributed by atoms with van der Waals surface area (Å²) >= 11 is 0.